The van der Waals surface area contributed by atoms with Gasteiger partial charge in [-0.25, -0.2) is 4.79 Å². The van der Waals surface area contributed by atoms with Gasteiger partial charge in [-0.2, -0.15) is 0 Å². The Balaban J connectivity index is 1.52. The van der Waals surface area contributed by atoms with Crippen molar-refractivity contribution in [2.24, 2.45) is 5.92 Å². The molecule has 0 saturated heterocycles. The van der Waals surface area contributed by atoms with Crippen LogP contribution in [-0.2, 0) is 16.1 Å². The van der Waals surface area contributed by atoms with Crippen molar-refractivity contribution in [2.75, 3.05) is 13.7 Å². The van der Waals surface area contributed by atoms with Gasteiger partial charge in [0.05, 0.1) is 24.2 Å². The van der Waals surface area contributed by atoms with Gasteiger partial charge in [-0.1, -0.05) is 23.3 Å². The van der Waals surface area contributed by atoms with E-state index in [0.29, 0.717) is 23.0 Å². The van der Waals surface area contributed by atoms with Gasteiger partial charge >= 0.3 is 5.97 Å². The van der Waals surface area contributed by atoms with Crippen LogP contribution in [0.4, 0.5) is 0 Å². The van der Waals surface area contributed by atoms with Gasteiger partial charge in [0.25, 0.3) is 11.8 Å². The van der Waals surface area contributed by atoms with Gasteiger partial charge in [0.15, 0.2) is 0 Å². The fourth-order valence-corrected chi connectivity index (χ4v) is 3.13. The molecular formula is C19H15NO6. The Morgan fingerprint density at radius 2 is 1.77 bits per heavy atom. The lowest BCUT2D eigenvalue weighted by molar-refractivity contribution is -0.175. The van der Waals surface area contributed by atoms with Crippen molar-refractivity contribution in [3.8, 4) is 11.5 Å². The van der Waals surface area contributed by atoms with Crippen LogP contribution in [0.25, 0.3) is 0 Å². The molecule has 0 aliphatic carbocycles. The summed E-state index contributed by atoms with van der Waals surface area (Å²) < 4.78 is 10.9. The number of fused-ring (bicyclic) bond motifs is 2. The van der Waals surface area contributed by atoms with E-state index in [-0.39, 0.29) is 17.7 Å². The summed E-state index contributed by atoms with van der Waals surface area (Å²) in [6.45, 7) is 0.0994. The van der Waals surface area contributed by atoms with Crippen molar-refractivity contribution in [3.05, 3.63) is 59.2 Å². The van der Waals surface area contributed by atoms with E-state index in [0.717, 1.165) is 5.56 Å². The summed E-state index contributed by atoms with van der Waals surface area (Å²) in [6, 6.07) is 11.7. The highest BCUT2D eigenvalue weighted by Crippen LogP contribution is 2.35. The maximum atomic E-state index is 12.5. The quantitative estimate of drug-likeness (QED) is 0.785. The highest BCUT2D eigenvalue weighted by atomic mass is 16.7. The van der Waals surface area contributed by atoms with Gasteiger partial charge in [-0.3, -0.25) is 9.59 Å². The van der Waals surface area contributed by atoms with Crippen LogP contribution in [0.15, 0.2) is 42.5 Å². The van der Waals surface area contributed by atoms with Crippen molar-refractivity contribution in [3.63, 3.8) is 0 Å². The Bertz CT molecular complexity index is 873. The smallest absolute Gasteiger partial charge is 0.340 e. The Kier molecular flexibility index (Phi) is 3.84. The van der Waals surface area contributed by atoms with E-state index >= 15 is 0 Å². The number of nitrogens with zero attached hydrogens (tertiary/aromatic N) is 1. The Morgan fingerprint density at radius 3 is 2.42 bits per heavy atom. The minimum Gasteiger partial charge on any atom is -0.496 e. The molecule has 132 valence electrons. The lowest BCUT2D eigenvalue weighted by atomic mass is 9.96. The molecule has 0 radical (unpaired) electrons. The van der Waals surface area contributed by atoms with Gasteiger partial charge in [0.1, 0.15) is 18.1 Å². The van der Waals surface area contributed by atoms with E-state index in [1.807, 2.05) is 0 Å². The zero-order chi connectivity index (χ0) is 18.3. The van der Waals surface area contributed by atoms with E-state index in [4.69, 9.17) is 14.3 Å². The van der Waals surface area contributed by atoms with Crippen molar-refractivity contribution >= 4 is 17.8 Å². The van der Waals surface area contributed by atoms with Crippen LogP contribution in [-0.4, -0.2) is 36.6 Å². The Morgan fingerprint density at radius 1 is 1.08 bits per heavy atom. The van der Waals surface area contributed by atoms with Gasteiger partial charge < -0.3 is 14.3 Å². The summed E-state index contributed by atoms with van der Waals surface area (Å²) in [5.74, 6) is -1.38. The number of ether oxygens (including phenoxy) is 2. The largest absolute Gasteiger partial charge is 0.496 e. The zero-order valence-corrected chi connectivity index (χ0v) is 13.9. The molecule has 2 amide bonds. The van der Waals surface area contributed by atoms with E-state index in [2.05, 4.69) is 0 Å². The molecule has 2 aliphatic rings. The van der Waals surface area contributed by atoms with Crippen LogP contribution in [0.3, 0.4) is 0 Å². The molecule has 0 bridgehead atoms. The van der Waals surface area contributed by atoms with Crippen LogP contribution in [0.5, 0.6) is 11.5 Å². The molecule has 1 atom stereocenters. The van der Waals surface area contributed by atoms with Crippen LogP contribution >= 0.6 is 0 Å². The molecule has 0 saturated carbocycles. The predicted molar refractivity (Wildman–Crippen MR) is 88.7 cm³/mol. The molecular weight excluding hydrogens is 338 g/mol. The Labute approximate surface area is 149 Å². The normalized spacial score (nSPS) is 18.0. The number of amides is 2. The number of hydroxylamine groups is 2. The number of carbonyl (C=O) groups is 3. The first-order valence-electron chi connectivity index (χ1n) is 8.08. The SMILES string of the molecule is COc1cccc2c1CC(C(=O)ON1C(=O)c3ccccc3C1=O)CO2. The summed E-state index contributed by atoms with van der Waals surface area (Å²) in [4.78, 5) is 42.2. The Hall–Kier alpha value is -3.35. The lowest BCUT2D eigenvalue weighted by Crippen LogP contribution is -2.38. The molecule has 2 heterocycles. The fraction of sp³-hybridized carbons (Fsp3) is 0.211. The van der Waals surface area contributed by atoms with Gasteiger partial charge in [-0.15, -0.1) is 0 Å². The number of rotatable bonds is 3. The fourth-order valence-electron chi connectivity index (χ4n) is 3.13. The second-order valence-corrected chi connectivity index (χ2v) is 6.01. The molecule has 26 heavy (non-hydrogen) atoms. The number of methoxy groups -OCH3 is 1. The standard InChI is InChI=1S/C19H15NO6/c1-24-15-7-4-8-16-14(15)9-11(10-25-16)19(23)26-20-17(21)12-5-2-3-6-13(12)18(20)22/h2-8,11H,9-10H2,1H3. The van der Waals surface area contributed by atoms with Gasteiger partial charge in [0, 0.05) is 5.56 Å². The summed E-state index contributed by atoms with van der Waals surface area (Å²) in [5, 5.41) is 0.519. The van der Waals surface area contributed by atoms with E-state index in [1.54, 1.807) is 30.3 Å². The van der Waals surface area contributed by atoms with Crippen LogP contribution in [0, 0.1) is 5.92 Å². The van der Waals surface area contributed by atoms with Crippen LogP contribution in [0.1, 0.15) is 26.3 Å². The highest BCUT2D eigenvalue weighted by Gasteiger charge is 2.40. The van der Waals surface area contributed by atoms with Crippen LogP contribution in [0.2, 0.25) is 0 Å². The van der Waals surface area contributed by atoms with E-state index < -0.39 is 23.7 Å². The predicted octanol–water partition coefficient (Wildman–Crippen LogP) is 2.00. The number of imide groups is 1. The average Bonchev–Trinajstić information content (AvgIpc) is 2.92. The molecule has 4 rings (SSSR count). The van der Waals surface area contributed by atoms with E-state index in [9.17, 15) is 14.4 Å². The van der Waals surface area contributed by atoms with Gasteiger partial charge in [0.2, 0.25) is 0 Å². The summed E-state index contributed by atoms with van der Waals surface area (Å²) >= 11 is 0. The van der Waals surface area contributed by atoms with Crippen molar-refractivity contribution in [1.29, 1.82) is 0 Å². The number of hydrogen-bond acceptors (Lipinski definition) is 6. The minimum atomic E-state index is -0.698. The van der Waals surface area contributed by atoms with E-state index in [1.165, 1.54) is 19.2 Å². The maximum absolute atomic E-state index is 12.5. The summed E-state index contributed by atoms with van der Waals surface area (Å²) in [5.41, 5.74) is 1.19. The molecule has 0 spiro atoms. The molecule has 2 aliphatic heterocycles. The average molecular weight is 353 g/mol. The number of hydrogen-bond donors (Lipinski definition) is 0. The lowest BCUT2D eigenvalue weighted by Gasteiger charge is -2.26. The first-order valence-corrected chi connectivity index (χ1v) is 8.08. The van der Waals surface area contributed by atoms with Crippen molar-refractivity contribution < 1.29 is 28.7 Å². The second kappa shape index (κ2) is 6.18. The molecule has 2 aromatic rings. The van der Waals surface area contributed by atoms with Crippen molar-refractivity contribution in [1.82, 2.24) is 5.06 Å². The summed E-state index contributed by atoms with van der Waals surface area (Å²) in [6.07, 6.45) is 0.335. The monoisotopic (exact) mass is 353 g/mol. The first kappa shape index (κ1) is 16.1. The highest BCUT2D eigenvalue weighted by molar-refractivity contribution is 6.20. The summed E-state index contributed by atoms with van der Waals surface area (Å²) in [7, 11) is 1.54. The maximum Gasteiger partial charge on any atom is 0.340 e. The minimum absolute atomic E-state index is 0.0994. The molecule has 0 aromatic heterocycles. The molecule has 7 heteroatoms. The van der Waals surface area contributed by atoms with Crippen molar-refractivity contribution in [2.45, 2.75) is 6.42 Å². The molecule has 1 unspecified atom stereocenters. The number of benzene rings is 2. The first-order chi connectivity index (χ1) is 12.6. The second-order valence-electron chi connectivity index (χ2n) is 6.01. The number of carbonyl (C=O) groups excluding carboxylic acids is 3. The van der Waals surface area contributed by atoms with Crippen LogP contribution < -0.4 is 9.47 Å². The zero-order valence-electron chi connectivity index (χ0n) is 13.9. The molecule has 7 nitrogen and oxygen atoms in total. The topological polar surface area (TPSA) is 82.1 Å². The van der Waals surface area contributed by atoms with Gasteiger partial charge in [-0.05, 0) is 30.7 Å². The molecule has 0 N–H and O–H groups in total. The third kappa shape index (κ3) is 2.48. The third-order valence-electron chi connectivity index (χ3n) is 4.47. The molecule has 0 fully saturated rings. The third-order valence-corrected chi connectivity index (χ3v) is 4.47. The molecule has 2 aromatic carbocycles.